The summed E-state index contributed by atoms with van der Waals surface area (Å²) in [5.74, 6) is -1.65. The van der Waals surface area contributed by atoms with Crippen molar-refractivity contribution in [3.8, 4) is 17.4 Å². The quantitative estimate of drug-likeness (QED) is 0.288. The van der Waals surface area contributed by atoms with E-state index in [2.05, 4.69) is 0 Å². The molecule has 0 bridgehead atoms. The Bertz CT molecular complexity index is 1410. The average molecular weight is 467 g/mol. The molecule has 0 saturated carbocycles. The number of sulfone groups is 1. The van der Waals surface area contributed by atoms with Crippen molar-refractivity contribution < 1.29 is 27.3 Å². The van der Waals surface area contributed by atoms with Crippen LogP contribution in [-0.4, -0.2) is 47.6 Å². The maximum absolute atomic E-state index is 13.2. The molecule has 1 aromatic carbocycles. The second kappa shape index (κ2) is 8.14. The molecule has 2 aliphatic heterocycles. The zero-order valence-electron chi connectivity index (χ0n) is 17.3. The monoisotopic (exact) mass is 467 g/mol. The molecule has 11 heteroatoms. The van der Waals surface area contributed by atoms with Gasteiger partial charge in [0.25, 0.3) is 17.5 Å². The number of hydrogen-bond acceptors (Lipinski definition) is 8. The standard InChI is InChI=1S/C22H17N3O7S/c1-13-17(10-15-6-7-20(32-15)16-4-2-3-5-19(16)25(28)29)21(26)24(22(27)18(13)11-23)14-8-9-33(30,31)12-14/h2-7,10,14H,8-9,12H2,1H3/b17-10-/t14-/m0/s1. The average Bonchev–Trinajstić information content (AvgIpc) is 3.37. The fourth-order valence-electron chi connectivity index (χ4n) is 3.97. The molecule has 0 radical (unpaired) electrons. The van der Waals surface area contributed by atoms with Crippen LogP contribution in [0.4, 0.5) is 5.69 Å². The van der Waals surface area contributed by atoms with E-state index in [0.29, 0.717) is 0 Å². The number of benzene rings is 1. The van der Waals surface area contributed by atoms with E-state index in [1.807, 2.05) is 0 Å². The topological polar surface area (TPSA) is 152 Å². The normalized spacial score (nSPS) is 21.5. The first-order chi connectivity index (χ1) is 15.6. The Hall–Kier alpha value is -4.04. The molecule has 2 aliphatic rings. The second-order valence-corrected chi connectivity index (χ2v) is 9.91. The van der Waals surface area contributed by atoms with E-state index in [1.165, 1.54) is 43.3 Å². The van der Waals surface area contributed by atoms with Gasteiger partial charge in [-0.05, 0) is 43.2 Å². The molecule has 168 valence electrons. The molecule has 1 saturated heterocycles. The Morgan fingerprint density at radius 2 is 1.94 bits per heavy atom. The van der Waals surface area contributed by atoms with E-state index >= 15 is 0 Å². The molecule has 33 heavy (non-hydrogen) atoms. The highest BCUT2D eigenvalue weighted by molar-refractivity contribution is 7.91. The van der Waals surface area contributed by atoms with Crippen molar-refractivity contribution in [3.05, 3.63) is 69.0 Å². The maximum Gasteiger partial charge on any atom is 0.280 e. The molecular weight excluding hydrogens is 450 g/mol. The molecule has 1 aromatic heterocycles. The van der Waals surface area contributed by atoms with Crippen molar-refractivity contribution >= 4 is 33.4 Å². The Morgan fingerprint density at radius 3 is 2.58 bits per heavy atom. The van der Waals surface area contributed by atoms with Crippen LogP contribution in [0.1, 0.15) is 19.1 Å². The molecule has 1 fully saturated rings. The zero-order valence-corrected chi connectivity index (χ0v) is 18.2. The lowest BCUT2D eigenvalue weighted by molar-refractivity contribution is -0.384. The van der Waals surface area contributed by atoms with Crippen LogP contribution in [0, 0.1) is 21.4 Å². The van der Waals surface area contributed by atoms with E-state index in [4.69, 9.17) is 4.42 Å². The van der Waals surface area contributed by atoms with Gasteiger partial charge in [0.2, 0.25) is 0 Å². The van der Waals surface area contributed by atoms with Gasteiger partial charge >= 0.3 is 0 Å². The molecule has 0 aliphatic carbocycles. The number of nitro groups is 1. The highest BCUT2D eigenvalue weighted by Crippen LogP contribution is 2.34. The fourth-order valence-corrected chi connectivity index (χ4v) is 5.67. The minimum atomic E-state index is -3.38. The first kappa shape index (κ1) is 22.2. The second-order valence-electron chi connectivity index (χ2n) is 7.68. The van der Waals surface area contributed by atoms with Gasteiger partial charge in [-0.3, -0.25) is 24.6 Å². The minimum absolute atomic E-state index is 0.0129. The van der Waals surface area contributed by atoms with Gasteiger partial charge in [-0.15, -0.1) is 0 Å². The minimum Gasteiger partial charge on any atom is -0.456 e. The highest BCUT2D eigenvalue weighted by Gasteiger charge is 2.43. The van der Waals surface area contributed by atoms with E-state index in [-0.39, 0.29) is 57.4 Å². The Balaban J connectivity index is 1.76. The summed E-state index contributed by atoms with van der Waals surface area (Å²) in [5.41, 5.74) is 0.00435. The van der Waals surface area contributed by atoms with E-state index < -0.39 is 32.6 Å². The van der Waals surface area contributed by atoms with Gasteiger partial charge in [0.1, 0.15) is 23.2 Å². The summed E-state index contributed by atoms with van der Waals surface area (Å²) in [7, 11) is -3.38. The summed E-state index contributed by atoms with van der Waals surface area (Å²) in [6, 6.07) is 9.99. The SMILES string of the molecule is CC1=C(C#N)C(=O)N([C@H]2CCS(=O)(=O)C2)C(=O)/C1=C\c1ccc(-c2ccccc2[N+](=O)[O-])o1. The number of nitrogens with zero attached hydrogens (tertiary/aromatic N) is 3. The number of carbonyl (C=O) groups excluding carboxylic acids is 2. The Morgan fingerprint density at radius 1 is 1.21 bits per heavy atom. The lowest BCUT2D eigenvalue weighted by Gasteiger charge is -2.31. The third-order valence-electron chi connectivity index (χ3n) is 5.63. The number of nitriles is 1. The summed E-state index contributed by atoms with van der Waals surface area (Å²) in [5, 5.41) is 20.8. The predicted octanol–water partition coefficient (Wildman–Crippen LogP) is 2.63. The number of imide groups is 1. The van der Waals surface area contributed by atoms with Crippen LogP contribution in [0.15, 0.2) is 57.5 Å². The van der Waals surface area contributed by atoms with Crippen LogP contribution >= 0.6 is 0 Å². The third kappa shape index (κ3) is 3.96. The largest absolute Gasteiger partial charge is 0.456 e. The lowest BCUT2D eigenvalue weighted by Crippen LogP contribution is -2.49. The lowest BCUT2D eigenvalue weighted by atomic mass is 9.93. The van der Waals surface area contributed by atoms with Crippen molar-refractivity contribution in [2.24, 2.45) is 0 Å². The van der Waals surface area contributed by atoms with E-state index in [1.54, 1.807) is 12.1 Å². The fraction of sp³-hybridized carbons (Fsp3) is 0.227. The van der Waals surface area contributed by atoms with Crippen LogP contribution in [0.5, 0.6) is 0 Å². The highest BCUT2D eigenvalue weighted by atomic mass is 32.2. The number of rotatable bonds is 4. The first-order valence-electron chi connectivity index (χ1n) is 9.88. The molecule has 2 aromatic rings. The number of hydrogen-bond donors (Lipinski definition) is 0. The number of furan rings is 1. The molecule has 2 amide bonds. The van der Waals surface area contributed by atoms with Crippen LogP contribution in [0.2, 0.25) is 0 Å². The Labute approximate surface area is 188 Å². The van der Waals surface area contributed by atoms with Crippen molar-refractivity contribution in [1.82, 2.24) is 4.90 Å². The molecular formula is C22H17N3O7S. The van der Waals surface area contributed by atoms with E-state index in [9.17, 15) is 33.4 Å². The molecule has 0 unspecified atom stereocenters. The van der Waals surface area contributed by atoms with Crippen LogP contribution in [0.3, 0.4) is 0 Å². The number of para-hydroxylation sites is 1. The molecule has 10 nitrogen and oxygen atoms in total. The van der Waals surface area contributed by atoms with Gasteiger partial charge in [-0.2, -0.15) is 5.26 Å². The van der Waals surface area contributed by atoms with Gasteiger partial charge in [0.15, 0.2) is 9.84 Å². The van der Waals surface area contributed by atoms with Crippen LogP contribution in [-0.2, 0) is 19.4 Å². The molecule has 4 rings (SSSR count). The maximum atomic E-state index is 13.2. The molecule has 3 heterocycles. The molecule has 0 spiro atoms. The van der Waals surface area contributed by atoms with Crippen LogP contribution in [0.25, 0.3) is 17.4 Å². The van der Waals surface area contributed by atoms with E-state index in [0.717, 1.165) is 4.90 Å². The predicted molar refractivity (Wildman–Crippen MR) is 116 cm³/mol. The smallest absolute Gasteiger partial charge is 0.280 e. The van der Waals surface area contributed by atoms with Crippen molar-refractivity contribution in [1.29, 1.82) is 5.26 Å². The summed E-state index contributed by atoms with van der Waals surface area (Å²) >= 11 is 0. The Kier molecular flexibility index (Phi) is 5.47. The number of amides is 2. The van der Waals surface area contributed by atoms with Crippen molar-refractivity contribution in [3.63, 3.8) is 0 Å². The first-order valence-corrected chi connectivity index (χ1v) is 11.7. The van der Waals surface area contributed by atoms with Gasteiger partial charge in [0, 0.05) is 11.6 Å². The van der Waals surface area contributed by atoms with Gasteiger partial charge in [-0.25, -0.2) is 8.42 Å². The van der Waals surface area contributed by atoms with Crippen LogP contribution < -0.4 is 0 Å². The zero-order chi connectivity index (χ0) is 23.9. The van der Waals surface area contributed by atoms with Gasteiger partial charge in [-0.1, -0.05) is 12.1 Å². The molecule has 0 N–H and O–H groups in total. The summed E-state index contributed by atoms with van der Waals surface area (Å²) in [6.07, 6.45) is 1.45. The van der Waals surface area contributed by atoms with Crippen molar-refractivity contribution in [2.45, 2.75) is 19.4 Å². The summed E-state index contributed by atoms with van der Waals surface area (Å²) in [4.78, 5) is 37.6. The summed E-state index contributed by atoms with van der Waals surface area (Å²) in [6.45, 7) is 1.45. The van der Waals surface area contributed by atoms with Gasteiger partial charge < -0.3 is 4.42 Å². The number of nitro benzene ring substituents is 1. The molecule has 1 atom stereocenters. The van der Waals surface area contributed by atoms with Crippen molar-refractivity contribution in [2.75, 3.05) is 11.5 Å². The van der Waals surface area contributed by atoms with Gasteiger partial charge in [0.05, 0.1) is 28.0 Å². The third-order valence-corrected chi connectivity index (χ3v) is 7.38. The number of carbonyl (C=O) groups is 2. The summed E-state index contributed by atoms with van der Waals surface area (Å²) < 4.78 is 29.5.